The van der Waals surface area contributed by atoms with Crippen molar-refractivity contribution in [3.63, 3.8) is 0 Å². The first-order chi connectivity index (χ1) is 23.8. The monoisotopic (exact) mass is 616 g/mol. The van der Waals surface area contributed by atoms with Gasteiger partial charge in [0.15, 0.2) is 0 Å². The predicted octanol–water partition coefficient (Wildman–Crippen LogP) is 10.4. The lowest BCUT2D eigenvalue weighted by Gasteiger charge is -2.14. The first kappa shape index (κ1) is 29.0. The summed E-state index contributed by atoms with van der Waals surface area (Å²) >= 11 is 0. The van der Waals surface area contributed by atoms with Gasteiger partial charge in [-0.05, 0) is 139 Å². The number of dihydropyridines is 1. The van der Waals surface area contributed by atoms with Crippen molar-refractivity contribution in [2.45, 2.75) is 0 Å². The van der Waals surface area contributed by atoms with Crippen LogP contribution in [0.2, 0.25) is 0 Å². The van der Waals surface area contributed by atoms with E-state index in [0.717, 1.165) is 45.5 Å². The molecule has 5 aromatic carbocycles. The molecule has 2 aromatic heterocycles. The van der Waals surface area contributed by atoms with E-state index in [1.807, 2.05) is 43.1 Å². The zero-order valence-corrected chi connectivity index (χ0v) is 26.3. The highest BCUT2D eigenvalue weighted by Crippen LogP contribution is 2.36. The molecule has 0 fully saturated rings. The number of hydrogen-bond donors (Lipinski definition) is 1. The fourth-order valence-corrected chi connectivity index (χ4v) is 6.30. The summed E-state index contributed by atoms with van der Waals surface area (Å²) in [7, 11) is 0. The van der Waals surface area contributed by atoms with Gasteiger partial charge in [0.05, 0.1) is 0 Å². The fourth-order valence-electron chi connectivity index (χ4n) is 6.30. The highest BCUT2D eigenvalue weighted by molar-refractivity contribution is 5.85. The highest BCUT2D eigenvalue weighted by atomic mass is 14.8. The van der Waals surface area contributed by atoms with Crippen LogP contribution in [0.3, 0.4) is 0 Å². The molecule has 0 unspecified atom stereocenters. The van der Waals surface area contributed by atoms with Gasteiger partial charge in [-0.3, -0.25) is 4.98 Å². The molecule has 1 N–H and O–H groups in total. The lowest BCUT2D eigenvalue weighted by Crippen LogP contribution is -2.08. The quantitative estimate of drug-likeness (QED) is 0.194. The van der Waals surface area contributed by atoms with E-state index >= 15 is 0 Å². The lowest BCUT2D eigenvalue weighted by atomic mass is 9.91. The molecule has 0 atom stereocenters. The minimum absolute atomic E-state index is 0.845. The van der Waals surface area contributed by atoms with Crippen molar-refractivity contribution in [3.8, 4) is 66.8 Å². The molecule has 0 radical (unpaired) electrons. The first-order valence-electron chi connectivity index (χ1n) is 16.1. The van der Waals surface area contributed by atoms with Crippen LogP contribution in [0.25, 0.3) is 72.3 Å². The molecule has 4 heteroatoms. The van der Waals surface area contributed by atoms with Crippen molar-refractivity contribution in [2.24, 2.45) is 0 Å². The Morgan fingerprint density at radius 1 is 0.396 bits per heavy atom. The van der Waals surface area contributed by atoms with Gasteiger partial charge in [0, 0.05) is 36.9 Å². The van der Waals surface area contributed by atoms with Gasteiger partial charge >= 0.3 is 0 Å². The molecular formula is C44H32N4. The van der Waals surface area contributed by atoms with Crippen molar-refractivity contribution < 1.29 is 0 Å². The SMILES string of the molecule is C1=CC(c2cccc(-c3cccc(-c4cc(-c5cncnc5)cc(-c5cccc(-c6cccc(-c7ccncc7)c6)c5)c4)c3)c2)=CCN1. The largest absolute Gasteiger partial charge is 0.387 e. The molecule has 228 valence electrons. The second kappa shape index (κ2) is 13.1. The number of nitrogens with zero attached hydrogens (tertiary/aromatic N) is 3. The standard InChI is InChI=1S/C44H32N4/c1-5-33(31-13-17-45-18-14-31)21-35(7-1)37-9-3-11-39(23-37)41-25-42(27-43(26-41)44-28-47-30-48-29-44)40-12-4-10-38(24-40)36-8-2-6-34(22-36)32-15-19-46-20-16-32/h1-19,21-30,46H,20H2. The minimum atomic E-state index is 0.845. The molecule has 7 aromatic rings. The Morgan fingerprint density at radius 3 is 1.31 bits per heavy atom. The molecule has 0 saturated carbocycles. The van der Waals surface area contributed by atoms with Crippen LogP contribution in [0.15, 0.2) is 177 Å². The van der Waals surface area contributed by atoms with Gasteiger partial charge in [-0.25, -0.2) is 9.97 Å². The van der Waals surface area contributed by atoms with Crippen molar-refractivity contribution in [2.75, 3.05) is 6.54 Å². The van der Waals surface area contributed by atoms with E-state index < -0.39 is 0 Å². The van der Waals surface area contributed by atoms with Gasteiger partial charge < -0.3 is 5.32 Å². The number of pyridine rings is 1. The third kappa shape index (κ3) is 6.20. The topological polar surface area (TPSA) is 50.7 Å². The third-order valence-corrected chi connectivity index (χ3v) is 8.78. The minimum Gasteiger partial charge on any atom is -0.387 e. The molecule has 0 bridgehead atoms. The summed E-state index contributed by atoms with van der Waals surface area (Å²) in [4.78, 5) is 12.8. The molecular weight excluding hydrogens is 585 g/mol. The molecule has 0 spiro atoms. The van der Waals surface area contributed by atoms with Gasteiger partial charge in [0.25, 0.3) is 0 Å². The predicted molar refractivity (Wildman–Crippen MR) is 198 cm³/mol. The van der Waals surface area contributed by atoms with Crippen molar-refractivity contribution >= 4 is 5.57 Å². The van der Waals surface area contributed by atoms with Crippen molar-refractivity contribution in [1.29, 1.82) is 0 Å². The number of hydrogen-bond acceptors (Lipinski definition) is 4. The Labute approximate surface area is 280 Å². The van der Waals surface area contributed by atoms with Gasteiger partial charge in [0.2, 0.25) is 0 Å². The van der Waals surface area contributed by atoms with E-state index in [-0.39, 0.29) is 0 Å². The summed E-state index contributed by atoms with van der Waals surface area (Å²) in [6.45, 7) is 0.845. The molecule has 1 aliphatic heterocycles. The highest BCUT2D eigenvalue weighted by Gasteiger charge is 2.11. The molecule has 0 saturated heterocycles. The van der Waals surface area contributed by atoms with Gasteiger partial charge in [-0.1, -0.05) is 78.9 Å². The normalized spacial score (nSPS) is 12.3. The van der Waals surface area contributed by atoms with Gasteiger partial charge in [0.1, 0.15) is 6.33 Å². The van der Waals surface area contributed by atoms with Crippen LogP contribution in [-0.2, 0) is 0 Å². The summed E-state index contributed by atoms with van der Waals surface area (Å²) in [6.07, 6.45) is 15.4. The van der Waals surface area contributed by atoms with Crippen LogP contribution in [0.5, 0.6) is 0 Å². The Balaban J connectivity index is 1.20. The summed E-state index contributed by atoms with van der Waals surface area (Å²) < 4.78 is 0. The molecule has 0 aliphatic carbocycles. The number of rotatable bonds is 7. The fraction of sp³-hybridized carbons (Fsp3) is 0.0227. The third-order valence-electron chi connectivity index (χ3n) is 8.78. The van der Waals surface area contributed by atoms with Crippen LogP contribution in [0.1, 0.15) is 5.56 Å². The smallest absolute Gasteiger partial charge is 0.115 e. The first-order valence-corrected chi connectivity index (χ1v) is 16.1. The van der Waals surface area contributed by atoms with Crippen LogP contribution >= 0.6 is 0 Å². The van der Waals surface area contributed by atoms with Crippen molar-refractivity contribution in [3.05, 3.63) is 182 Å². The summed E-state index contributed by atoms with van der Waals surface area (Å²) in [6, 6.07) is 45.9. The molecule has 0 amide bonds. The summed E-state index contributed by atoms with van der Waals surface area (Å²) in [5.41, 5.74) is 16.1. The van der Waals surface area contributed by atoms with Gasteiger partial charge in [-0.2, -0.15) is 0 Å². The maximum atomic E-state index is 4.33. The average molecular weight is 617 g/mol. The maximum absolute atomic E-state index is 4.33. The maximum Gasteiger partial charge on any atom is 0.115 e. The van der Waals surface area contributed by atoms with E-state index in [1.165, 1.54) is 39.0 Å². The van der Waals surface area contributed by atoms with E-state index in [1.54, 1.807) is 6.33 Å². The molecule has 48 heavy (non-hydrogen) atoms. The van der Waals surface area contributed by atoms with Crippen LogP contribution in [0.4, 0.5) is 0 Å². The zero-order valence-electron chi connectivity index (χ0n) is 26.3. The Kier molecular flexibility index (Phi) is 7.96. The van der Waals surface area contributed by atoms with Gasteiger partial charge in [-0.15, -0.1) is 0 Å². The average Bonchev–Trinajstić information content (AvgIpc) is 3.19. The lowest BCUT2D eigenvalue weighted by molar-refractivity contribution is 0.976. The Hall–Kier alpha value is -6.39. The van der Waals surface area contributed by atoms with E-state index in [0.29, 0.717) is 0 Å². The summed E-state index contributed by atoms with van der Waals surface area (Å²) in [5.74, 6) is 0. The number of nitrogens with one attached hydrogen (secondary N) is 1. The van der Waals surface area contributed by atoms with E-state index in [2.05, 4.69) is 148 Å². The Bertz CT molecular complexity index is 2290. The second-order valence-corrected chi connectivity index (χ2v) is 11.9. The van der Waals surface area contributed by atoms with Crippen LogP contribution < -0.4 is 5.32 Å². The summed E-state index contributed by atoms with van der Waals surface area (Å²) in [5, 5.41) is 3.24. The molecule has 1 aliphatic rings. The number of aromatic nitrogens is 3. The zero-order chi connectivity index (χ0) is 32.1. The number of allylic oxidation sites excluding steroid dienone is 2. The van der Waals surface area contributed by atoms with E-state index in [4.69, 9.17) is 0 Å². The number of benzene rings is 5. The molecule has 4 nitrogen and oxygen atoms in total. The van der Waals surface area contributed by atoms with E-state index in [9.17, 15) is 0 Å². The van der Waals surface area contributed by atoms with Crippen LogP contribution in [0, 0.1) is 0 Å². The molecule has 8 rings (SSSR count). The van der Waals surface area contributed by atoms with Crippen molar-refractivity contribution in [1.82, 2.24) is 20.3 Å². The van der Waals surface area contributed by atoms with Crippen LogP contribution in [-0.4, -0.2) is 21.5 Å². The molecule has 3 heterocycles. The second-order valence-electron chi connectivity index (χ2n) is 11.9. The Morgan fingerprint density at radius 2 is 0.812 bits per heavy atom.